The van der Waals surface area contributed by atoms with Crippen molar-refractivity contribution in [2.45, 2.75) is 12.8 Å². The van der Waals surface area contributed by atoms with Crippen LogP contribution in [0.15, 0.2) is 71.5 Å². The van der Waals surface area contributed by atoms with Crippen LogP contribution in [0.3, 0.4) is 0 Å². The zero-order chi connectivity index (χ0) is 20.9. The fourth-order valence-corrected chi connectivity index (χ4v) is 3.13. The SMILES string of the molecule is COc1ccc(-c2noc(CCC(=O)Nc3ccc(Cl)cc3-n3cccc3)n2)cc1. The zero-order valence-electron chi connectivity index (χ0n) is 16.2. The minimum atomic E-state index is -0.157. The Morgan fingerprint density at radius 2 is 1.93 bits per heavy atom. The molecule has 4 aromatic rings. The number of aryl methyl sites for hydroxylation is 1. The molecule has 0 bridgehead atoms. The first-order valence-corrected chi connectivity index (χ1v) is 9.70. The number of methoxy groups -OCH3 is 1. The first-order chi connectivity index (χ1) is 14.6. The van der Waals surface area contributed by atoms with Gasteiger partial charge in [-0.05, 0) is 54.6 Å². The average Bonchev–Trinajstić information content (AvgIpc) is 3.46. The average molecular weight is 423 g/mol. The molecule has 4 rings (SSSR count). The van der Waals surface area contributed by atoms with Gasteiger partial charge in [0.15, 0.2) is 0 Å². The number of halogens is 1. The number of benzene rings is 2. The summed E-state index contributed by atoms with van der Waals surface area (Å²) in [5, 5.41) is 7.50. The van der Waals surface area contributed by atoms with Crippen LogP contribution in [0, 0.1) is 0 Å². The van der Waals surface area contributed by atoms with Gasteiger partial charge in [0.1, 0.15) is 5.75 Å². The number of hydrogen-bond acceptors (Lipinski definition) is 5. The molecule has 1 N–H and O–H groups in total. The lowest BCUT2D eigenvalue weighted by Crippen LogP contribution is -2.14. The topological polar surface area (TPSA) is 82.2 Å². The maximum atomic E-state index is 12.5. The first kappa shape index (κ1) is 19.7. The summed E-state index contributed by atoms with van der Waals surface area (Å²) in [6.45, 7) is 0. The van der Waals surface area contributed by atoms with E-state index in [0.29, 0.717) is 28.8 Å². The lowest BCUT2D eigenvalue weighted by molar-refractivity contribution is -0.116. The van der Waals surface area contributed by atoms with Gasteiger partial charge in [-0.3, -0.25) is 4.79 Å². The van der Waals surface area contributed by atoms with Crippen LogP contribution in [0.2, 0.25) is 5.02 Å². The highest BCUT2D eigenvalue weighted by atomic mass is 35.5. The number of anilines is 1. The Bertz CT molecular complexity index is 1140. The Labute approximate surface area is 178 Å². The van der Waals surface area contributed by atoms with E-state index in [2.05, 4.69) is 15.5 Å². The minimum absolute atomic E-state index is 0.157. The number of nitrogens with one attached hydrogen (secondary N) is 1. The van der Waals surface area contributed by atoms with Crippen LogP contribution in [0.1, 0.15) is 12.3 Å². The second kappa shape index (κ2) is 8.84. The van der Waals surface area contributed by atoms with Crippen molar-refractivity contribution in [3.63, 3.8) is 0 Å². The van der Waals surface area contributed by atoms with Crippen LogP contribution in [-0.4, -0.2) is 27.7 Å². The fourth-order valence-electron chi connectivity index (χ4n) is 2.97. The highest BCUT2D eigenvalue weighted by Crippen LogP contribution is 2.25. The number of amides is 1. The summed E-state index contributed by atoms with van der Waals surface area (Å²) >= 11 is 6.12. The summed E-state index contributed by atoms with van der Waals surface area (Å²) in [6.07, 6.45) is 4.32. The van der Waals surface area contributed by atoms with E-state index in [1.807, 2.05) is 53.4 Å². The van der Waals surface area contributed by atoms with Gasteiger partial charge in [-0.25, -0.2) is 0 Å². The van der Waals surface area contributed by atoms with E-state index in [4.69, 9.17) is 20.9 Å². The molecule has 0 spiro atoms. The van der Waals surface area contributed by atoms with Crippen molar-refractivity contribution >= 4 is 23.2 Å². The van der Waals surface area contributed by atoms with E-state index in [1.165, 1.54) is 0 Å². The molecular formula is C22H19ClN4O3. The van der Waals surface area contributed by atoms with Gasteiger partial charge in [-0.1, -0.05) is 16.8 Å². The van der Waals surface area contributed by atoms with E-state index in [9.17, 15) is 4.79 Å². The Hall–Kier alpha value is -3.58. The van der Waals surface area contributed by atoms with Crippen LogP contribution < -0.4 is 10.1 Å². The molecule has 2 heterocycles. The summed E-state index contributed by atoms with van der Waals surface area (Å²) in [7, 11) is 1.61. The maximum Gasteiger partial charge on any atom is 0.227 e. The summed E-state index contributed by atoms with van der Waals surface area (Å²) in [5.41, 5.74) is 2.28. The van der Waals surface area contributed by atoms with Crippen LogP contribution in [0.5, 0.6) is 5.75 Å². The van der Waals surface area contributed by atoms with E-state index in [0.717, 1.165) is 17.0 Å². The van der Waals surface area contributed by atoms with E-state index in [-0.39, 0.29) is 12.3 Å². The molecular weight excluding hydrogens is 404 g/mol. The summed E-state index contributed by atoms with van der Waals surface area (Å²) in [6, 6.07) is 16.5. The lowest BCUT2D eigenvalue weighted by atomic mass is 10.2. The molecule has 0 aliphatic rings. The smallest absolute Gasteiger partial charge is 0.227 e. The summed E-state index contributed by atoms with van der Waals surface area (Å²) < 4.78 is 12.3. The zero-order valence-corrected chi connectivity index (χ0v) is 17.0. The molecule has 30 heavy (non-hydrogen) atoms. The molecule has 1 amide bonds. The summed E-state index contributed by atoms with van der Waals surface area (Å²) in [5.74, 6) is 1.47. The molecule has 7 nitrogen and oxygen atoms in total. The van der Waals surface area contributed by atoms with E-state index in [1.54, 1.807) is 25.3 Å². The van der Waals surface area contributed by atoms with Gasteiger partial charge in [0.2, 0.25) is 17.6 Å². The Morgan fingerprint density at radius 1 is 1.17 bits per heavy atom. The number of ether oxygens (including phenoxy) is 1. The van der Waals surface area contributed by atoms with E-state index >= 15 is 0 Å². The van der Waals surface area contributed by atoms with Crippen molar-refractivity contribution < 1.29 is 14.1 Å². The molecule has 0 radical (unpaired) electrons. The number of aromatic nitrogens is 3. The Kier molecular flexibility index (Phi) is 5.81. The molecule has 0 saturated heterocycles. The van der Waals surface area contributed by atoms with Crippen LogP contribution in [0.4, 0.5) is 5.69 Å². The van der Waals surface area contributed by atoms with Gasteiger partial charge in [0, 0.05) is 35.8 Å². The van der Waals surface area contributed by atoms with Gasteiger partial charge in [-0.2, -0.15) is 4.98 Å². The molecule has 0 unspecified atom stereocenters. The molecule has 8 heteroatoms. The van der Waals surface area contributed by atoms with Gasteiger partial charge in [0.05, 0.1) is 18.5 Å². The third-order valence-corrected chi connectivity index (χ3v) is 4.73. The van der Waals surface area contributed by atoms with Gasteiger partial charge in [-0.15, -0.1) is 0 Å². The normalized spacial score (nSPS) is 10.7. The predicted octanol–water partition coefficient (Wildman–Crippen LogP) is 4.76. The third-order valence-electron chi connectivity index (χ3n) is 4.50. The number of nitrogens with zero attached hydrogens (tertiary/aromatic N) is 3. The van der Waals surface area contributed by atoms with E-state index < -0.39 is 0 Å². The highest BCUT2D eigenvalue weighted by Gasteiger charge is 2.13. The highest BCUT2D eigenvalue weighted by molar-refractivity contribution is 6.30. The number of hydrogen-bond donors (Lipinski definition) is 1. The number of carbonyl (C=O) groups is 1. The van der Waals surface area contributed by atoms with Gasteiger partial charge < -0.3 is 19.1 Å². The largest absolute Gasteiger partial charge is 0.497 e. The molecule has 0 aliphatic heterocycles. The van der Waals surface area contributed by atoms with Crippen molar-refractivity contribution in [2.75, 3.05) is 12.4 Å². The number of rotatable bonds is 7. The van der Waals surface area contributed by atoms with Gasteiger partial charge >= 0.3 is 0 Å². The monoisotopic (exact) mass is 422 g/mol. The lowest BCUT2D eigenvalue weighted by Gasteiger charge is -2.12. The molecule has 2 aromatic heterocycles. The standard InChI is InChI=1S/C22H19ClN4O3/c1-29-17-7-4-15(5-8-17)22-25-21(30-26-22)11-10-20(28)24-18-9-6-16(23)14-19(18)27-12-2-3-13-27/h2-9,12-14H,10-11H2,1H3,(H,24,28). The van der Waals surface area contributed by atoms with Crippen molar-refractivity contribution in [3.8, 4) is 22.8 Å². The van der Waals surface area contributed by atoms with Crippen molar-refractivity contribution in [1.82, 2.24) is 14.7 Å². The molecule has 0 atom stereocenters. The van der Waals surface area contributed by atoms with Crippen LogP contribution >= 0.6 is 11.6 Å². The van der Waals surface area contributed by atoms with Crippen molar-refractivity contribution in [2.24, 2.45) is 0 Å². The maximum absolute atomic E-state index is 12.5. The molecule has 0 saturated carbocycles. The molecule has 0 aliphatic carbocycles. The predicted molar refractivity (Wildman–Crippen MR) is 114 cm³/mol. The van der Waals surface area contributed by atoms with Crippen molar-refractivity contribution in [1.29, 1.82) is 0 Å². The molecule has 0 fully saturated rings. The Morgan fingerprint density at radius 3 is 2.67 bits per heavy atom. The quantitative estimate of drug-likeness (QED) is 0.464. The summed E-state index contributed by atoms with van der Waals surface area (Å²) in [4.78, 5) is 16.8. The first-order valence-electron chi connectivity index (χ1n) is 9.32. The van der Waals surface area contributed by atoms with Crippen molar-refractivity contribution in [3.05, 3.63) is 77.9 Å². The number of carbonyl (C=O) groups excluding carboxylic acids is 1. The minimum Gasteiger partial charge on any atom is -0.497 e. The molecule has 2 aromatic carbocycles. The fraction of sp³-hybridized carbons (Fsp3) is 0.136. The molecule has 152 valence electrons. The Balaban J connectivity index is 1.40. The van der Waals surface area contributed by atoms with Crippen LogP contribution in [0.25, 0.3) is 17.1 Å². The van der Waals surface area contributed by atoms with Crippen LogP contribution in [-0.2, 0) is 11.2 Å². The van der Waals surface area contributed by atoms with Gasteiger partial charge in [0.25, 0.3) is 0 Å². The second-order valence-electron chi connectivity index (χ2n) is 6.54. The second-order valence-corrected chi connectivity index (χ2v) is 6.98. The third kappa shape index (κ3) is 4.52.